The van der Waals surface area contributed by atoms with Gasteiger partial charge in [-0.25, -0.2) is 0 Å². The lowest BCUT2D eigenvalue weighted by molar-refractivity contribution is 0.330. The Bertz CT molecular complexity index is 140. The molecule has 1 saturated carbocycles. The van der Waals surface area contributed by atoms with Gasteiger partial charge in [0.25, 0.3) is 0 Å². The van der Waals surface area contributed by atoms with E-state index in [9.17, 15) is 0 Å². The Balaban J connectivity index is 2.37. The summed E-state index contributed by atoms with van der Waals surface area (Å²) in [6.45, 7) is 6.21. The number of hydrogen-bond donors (Lipinski definition) is 1. The van der Waals surface area contributed by atoms with E-state index in [0.717, 1.165) is 12.3 Å². The molecule has 1 heteroatoms. The van der Waals surface area contributed by atoms with Gasteiger partial charge in [-0.15, -0.1) is 0 Å². The first kappa shape index (κ1) is 8.79. The predicted molar refractivity (Wildman–Crippen MR) is 49.4 cm³/mol. The van der Waals surface area contributed by atoms with E-state index in [-0.39, 0.29) is 0 Å². The molecule has 64 valence electrons. The molecule has 1 aliphatic carbocycles. The normalized spacial score (nSPS) is 32.4. The maximum Gasteiger partial charge on any atom is 0.0105 e. The van der Waals surface area contributed by atoms with Crippen molar-refractivity contribution in [2.24, 2.45) is 11.7 Å². The Kier molecular flexibility index (Phi) is 3.13. The maximum absolute atomic E-state index is 5.99. The van der Waals surface area contributed by atoms with Gasteiger partial charge in [-0.05, 0) is 31.6 Å². The lowest BCUT2D eigenvalue weighted by atomic mass is 9.80. The highest BCUT2D eigenvalue weighted by Crippen LogP contribution is 2.29. The van der Waals surface area contributed by atoms with Crippen molar-refractivity contribution in [3.8, 4) is 0 Å². The van der Waals surface area contributed by atoms with E-state index in [4.69, 9.17) is 5.73 Å². The van der Waals surface area contributed by atoms with Gasteiger partial charge in [-0.3, -0.25) is 0 Å². The van der Waals surface area contributed by atoms with Crippen molar-refractivity contribution in [2.75, 3.05) is 0 Å². The van der Waals surface area contributed by atoms with E-state index >= 15 is 0 Å². The third kappa shape index (κ3) is 2.33. The van der Waals surface area contributed by atoms with Crippen LogP contribution in [0.2, 0.25) is 0 Å². The molecule has 1 nitrogen and oxygen atoms in total. The molecule has 1 aliphatic rings. The van der Waals surface area contributed by atoms with Crippen molar-refractivity contribution >= 4 is 0 Å². The van der Waals surface area contributed by atoms with Gasteiger partial charge in [-0.2, -0.15) is 0 Å². The molecule has 11 heavy (non-hydrogen) atoms. The first-order valence-corrected chi connectivity index (χ1v) is 4.66. The number of hydrogen-bond acceptors (Lipinski definition) is 1. The summed E-state index contributed by atoms with van der Waals surface area (Å²) in [7, 11) is 0. The van der Waals surface area contributed by atoms with Crippen LogP contribution in [0.25, 0.3) is 0 Å². The van der Waals surface area contributed by atoms with E-state index < -0.39 is 0 Å². The molecule has 0 aromatic carbocycles. The monoisotopic (exact) mass is 153 g/mol. The van der Waals surface area contributed by atoms with E-state index in [1.54, 1.807) is 0 Å². The van der Waals surface area contributed by atoms with Crippen LogP contribution in [0.15, 0.2) is 12.2 Å². The SMILES string of the molecule is C=C1CCC(CCC)[C@@H](N)C1. The lowest BCUT2D eigenvalue weighted by Gasteiger charge is -2.29. The summed E-state index contributed by atoms with van der Waals surface area (Å²) in [5.41, 5.74) is 7.35. The zero-order valence-corrected chi connectivity index (χ0v) is 7.47. The van der Waals surface area contributed by atoms with Crippen LogP contribution in [0.3, 0.4) is 0 Å². The summed E-state index contributed by atoms with van der Waals surface area (Å²) >= 11 is 0. The Morgan fingerprint density at radius 3 is 2.91 bits per heavy atom. The minimum absolute atomic E-state index is 0.399. The van der Waals surface area contributed by atoms with Crippen molar-refractivity contribution in [3.05, 3.63) is 12.2 Å². The first-order chi connectivity index (χ1) is 5.24. The van der Waals surface area contributed by atoms with Gasteiger partial charge in [0.2, 0.25) is 0 Å². The van der Waals surface area contributed by atoms with Crippen LogP contribution in [0.1, 0.15) is 39.0 Å². The maximum atomic E-state index is 5.99. The van der Waals surface area contributed by atoms with Crippen LogP contribution in [-0.2, 0) is 0 Å². The second kappa shape index (κ2) is 3.91. The third-order valence-corrected chi connectivity index (χ3v) is 2.66. The molecule has 2 atom stereocenters. The average molecular weight is 153 g/mol. The predicted octanol–water partition coefficient (Wildman–Crippen LogP) is 2.47. The Labute approximate surface area is 69.7 Å². The molecular formula is C10H19N. The van der Waals surface area contributed by atoms with Crippen molar-refractivity contribution in [1.82, 2.24) is 0 Å². The summed E-state index contributed by atoms with van der Waals surface area (Å²) < 4.78 is 0. The van der Waals surface area contributed by atoms with Crippen LogP contribution in [0.4, 0.5) is 0 Å². The van der Waals surface area contributed by atoms with Crippen LogP contribution >= 0.6 is 0 Å². The van der Waals surface area contributed by atoms with Gasteiger partial charge in [0.1, 0.15) is 0 Å². The molecular weight excluding hydrogens is 134 g/mol. The Hall–Kier alpha value is -0.300. The van der Waals surface area contributed by atoms with Crippen LogP contribution in [0.5, 0.6) is 0 Å². The second-order valence-electron chi connectivity index (χ2n) is 3.71. The zero-order valence-electron chi connectivity index (χ0n) is 7.47. The molecule has 0 aliphatic heterocycles. The van der Waals surface area contributed by atoms with Gasteiger partial charge >= 0.3 is 0 Å². The minimum atomic E-state index is 0.399. The fraction of sp³-hybridized carbons (Fsp3) is 0.800. The molecule has 0 bridgehead atoms. The highest BCUT2D eigenvalue weighted by atomic mass is 14.7. The van der Waals surface area contributed by atoms with Crippen molar-refractivity contribution in [1.29, 1.82) is 0 Å². The molecule has 0 amide bonds. The quantitative estimate of drug-likeness (QED) is 0.606. The summed E-state index contributed by atoms with van der Waals surface area (Å²) in [4.78, 5) is 0. The first-order valence-electron chi connectivity index (χ1n) is 4.66. The van der Waals surface area contributed by atoms with Gasteiger partial charge in [-0.1, -0.05) is 25.5 Å². The van der Waals surface area contributed by atoms with Crippen LogP contribution in [0, 0.1) is 5.92 Å². The highest BCUT2D eigenvalue weighted by Gasteiger charge is 2.22. The third-order valence-electron chi connectivity index (χ3n) is 2.66. The number of rotatable bonds is 2. The minimum Gasteiger partial charge on any atom is -0.327 e. The fourth-order valence-corrected chi connectivity index (χ4v) is 1.93. The van der Waals surface area contributed by atoms with Crippen LogP contribution in [-0.4, -0.2) is 6.04 Å². The molecule has 0 aromatic heterocycles. The summed E-state index contributed by atoms with van der Waals surface area (Å²) in [6, 6.07) is 0.399. The van der Waals surface area contributed by atoms with Gasteiger partial charge in [0.05, 0.1) is 0 Å². The summed E-state index contributed by atoms with van der Waals surface area (Å²) in [5, 5.41) is 0. The second-order valence-corrected chi connectivity index (χ2v) is 3.71. The molecule has 0 saturated heterocycles. The molecule has 0 heterocycles. The topological polar surface area (TPSA) is 26.0 Å². The highest BCUT2D eigenvalue weighted by molar-refractivity contribution is 5.03. The molecule has 0 aromatic rings. The molecule has 0 spiro atoms. The van der Waals surface area contributed by atoms with Crippen molar-refractivity contribution in [2.45, 2.75) is 45.1 Å². The summed E-state index contributed by atoms with van der Waals surface area (Å²) in [5.74, 6) is 0.769. The smallest absolute Gasteiger partial charge is 0.0105 e. The van der Waals surface area contributed by atoms with Crippen molar-refractivity contribution in [3.63, 3.8) is 0 Å². The molecule has 1 rings (SSSR count). The van der Waals surface area contributed by atoms with Gasteiger partial charge in [0.15, 0.2) is 0 Å². The average Bonchev–Trinajstić information content (AvgIpc) is 1.95. The van der Waals surface area contributed by atoms with Crippen LogP contribution < -0.4 is 5.73 Å². The molecule has 1 unspecified atom stereocenters. The van der Waals surface area contributed by atoms with E-state index in [1.165, 1.54) is 31.3 Å². The Morgan fingerprint density at radius 2 is 2.36 bits per heavy atom. The number of nitrogens with two attached hydrogens (primary N) is 1. The van der Waals surface area contributed by atoms with Gasteiger partial charge < -0.3 is 5.73 Å². The van der Waals surface area contributed by atoms with E-state index in [2.05, 4.69) is 13.5 Å². The van der Waals surface area contributed by atoms with E-state index in [0.29, 0.717) is 6.04 Å². The largest absolute Gasteiger partial charge is 0.327 e. The standard InChI is InChI=1S/C10H19N/c1-3-4-9-6-5-8(2)7-10(9)11/h9-10H,2-7,11H2,1H3/t9?,10-/m0/s1. The van der Waals surface area contributed by atoms with Gasteiger partial charge in [0, 0.05) is 6.04 Å². The van der Waals surface area contributed by atoms with Crippen molar-refractivity contribution < 1.29 is 0 Å². The Morgan fingerprint density at radius 1 is 1.64 bits per heavy atom. The molecule has 2 N–H and O–H groups in total. The fourth-order valence-electron chi connectivity index (χ4n) is 1.93. The summed E-state index contributed by atoms with van der Waals surface area (Å²) in [6.07, 6.45) is 6.11. The van der Waals surface area contributed by atoms with E-state index in [1.807, 2.05) is 0 Å². The molecule has 0 radical (unpaired) electrons. The lowest BCUT2D eigenvalue weighted by Crippen LogP contribution is -2.33. The molecule has 1 fully saturated rings. The zero-order chi connectivity index (χ0) is 8.27.